The van der Waals surface area contributed by atoms with Gasteiger partial charge in [-0.15, -0.1) is 0 Å². The van der Waals surface area contributed by atoms with Crippen molar-refractivity contribution in [3.8, 4) is 0 Å². The number of carbonyl (C=O) groups excluding carboxylic acids is 1. The fourth-order valence-corrected chi connectivity index (χ4v) is 3.59. The first-order valence-corrected chi connectivity index (χ1v) is 7.30. The van der Waals surface area contributed by atoms with E-state index < -0.39 is 0 Å². The molecule has 0 spiro atoms. The monoisotopic (exact) mass is 259 g/mol. The van der Waals surface area contributed by atoms with Crippen LogP contribution < -0.4 is 0 Å². The standard InChI is InChI=1S/C16H21NO2/c18-14-9-8-12-7-4-10-17(15(12)11-14)16(19)13-5-2-1-3-6-13/h1-3,5-6,12,14-15,18H,4,7-11H2/t12-,14+,15+/m1/s1. The molecule has 1 aromatic rings. The van der Waals surface area contributed by atoms with E-state index in [9.17, 15) is 9.90 Å². The number of piperidine rings is 1. The normalized spacial score (nSPS) is 30.8. The minimum atomic E-state index is -0.231. The Hall–Kier alpha value is -1.35. The quantitative estimate of drug-likeness (QED) is 0.841. The van der Waals surface area contributed by atoms with Crippen molar-refractivity contribution < 1.29 is 9.90 Å². The SMILES string of the molecule is O=C(c1ccccc1)N1CCC[C@@H]2CC[C@H](O)C[C@@H]21. The number of benzene rings is 1. The summed E-state index contributed by atoms with van der Waals surface area (Å²) >= 11 is 0. The van der Waals surface area contributed by atoms with Gasteiger partial charge in [-0.05, 0) is 50.2 Å². The molecule has 3 heteroatoms. The summed E-state index contributed by atoms with van der Waals surface area (Å²) in [6.07, 6.45) is 4.78. The van der Waals surface area contributed by atoms with Crippen molar-refractivity contribution in [1.29, 1.82) is 0 Å². The van der Waals surface area contributed by atoms with Crippen LogP contribution in [0.4, 0.5) is 0 Å². The van der Waals surface area contributed by atoms with Gasteiger partial charge in [-0.3, -0.25) is 4.79 Å². The van der Waals surface area contributed by atoms with E-state index in [4.69, 9.17) is 0 Å². The molecule has 2 aliphatic rings. The molecule has 2 fully saturated rings. The molecule has 19 heavy (non-hydrogen) atoms. The second-order valence-electron chi connectivity index (χ2n) is 5.80. The summed E-state index contributed by atoms with van der Waals surface area (Å²) in [6.45, 7) is 0.835. The Kier molecular flexibility index (Phi) is 3.56. The van der Waals surface area contributed by atoms with Crippen LogP contribution in [0.25, 0.3) is 0 Å². The van der Waals surface area contributed by atoms with Gasteiger partial charge >= 0.3 is 0 Å². The van der Waals surface area contributed by atoms with Crippen LogP contribution in [0.2, 0.25) is 0 Å². The number of aliphatic hydroxyl groups is 1. The maximum Gasteiger partial charge on any atom is 0.254 e. The van der Waals surface area contributed by atoms with Crippen molar-refractivity contribution >= 4 is 5.91 Å². The zero-order valence-corrected chi connectivity index (χ0v) is 11.2. The zero-order chi connectivity index (χ0) is 13.2. The molecule has 0 unspecified atom stereocenters. The number of hydrogen-bond donors (Lipinski definition) is 1. The third kappa shape index (κ3) is 2.52. The van der Waals surface area contributed by atoms with E-state index in [-0.39, 0.29) is 18.1 Å². The molecule has 1 amide bonds. The molecule has 0 bridgehead atoms. The van der Waals surface area contributed by atoms with Gasteiger partial charge in [0.15, 0.2) is 0 Å². The Labute approximate surface area is 114 Å². The first kappa shape index (κ1) is 12.7. The van der Waals surface area contributed by atoms with Crippen LogP contribution in [-0.2, 0) is 0 Å². The van der Waals surface area contributed by atoms with Gasteiger partial charge in [0.25, 0.3) is 5.91 Å². The predicted molar refractivity (Wildman–Crippen MR) is 73.8 cm³/mol. The van der Waals surface area contributed by atoms with E-state index in [0.29, 0.717) is 5.92 Å². The average Bonchev–Trinajstić information content (AvgIpc) is 2.47. The fraction of sp³-hybridized carbons (Fsp3) is 0.562. The van der Waals surface area contributed by atoms with Gasteiger partial charge in [0, 0.05) is 18.2 Å². The first-order chi connectivity index (χ1) is 9.25. The highest BCUT2D eigenvalue weighted by atomic mass is 16.3. The van der Waals surface area contributed by atoms with Crippen LogP contribution in [0, 0.1) is 5.92 Å². The minimum absolute atomic E-state index is 0.129. The number of carbonyl (C=O) groups is 1. The van der Waals surface area contributed by atoms with Crippen molar-refractivity contribution in [1.82, 2.24) is 4.90 Å². The minimum Gasteiger partial charge on any atom is -0.393 e. The van der Waals surface area contributed by atoms with Crippen molar-refractivity contribution in [3.05, 3.63) is 35.9 Å². The van der Waals surface area contributed by atoms with E-state index in [2.05, 4.69) is 0 Å². The Morgan fingerprint density at radius 2 is 1.95 bits per heavy atom. The number of nitrogens with zero attached hydrogens (tertiary/aromatic N) is 1. The summed E-state index contributed by atoms with van der Waals surface area (Å²) < 4.78 is 0. The van der Waals surface area contributed by atoms with Crippen LogP contribution in [0.1, 0.15) is 42.5 Å². The Bertz CT molecular complexity index is 445. The summed E-state index contributed by atoms with van der Waals surface area (Å²) in [5.74, 6) is 0.717. The van der Waals surface area contributed by atoms with E-state index in [1.807, 2.05) is 35.2 Å². The van der Waals surface area contributed by atoms with Gasteiger partial charge in [0.05, 0.1) is 6.10 Å². The van der Waals surface area contributed by atoms with Gasteiger partial charge in [0.1, 0.15) is 0 Å². The molecule has 1 saturated heterocycles. The number of aliphatic hydroxyl groups excluding tert-OH is 1. The average molecular weight is 259 g/mol. The van der Waals surface area contributed by atoms with Crippen LogP contribution in [-0.4, -0.2) is 34.6 Å². The lowest BCUT2D eigenvalue weighted by molar-refractivity contribution is 0.00569. The maximum absolute atomic E-state index is 12.6. The third-order valence-corrected chi connectivity index (χ3v) is 4.58. The van der Waals surface area contributed by atoms with E-state index >= 15 is 0 Å². The molecule has 3 rings (SSSR count). The van der Waals surface area contributed by atoms with Gasteiger partial charge in [-0.1, -0.05) is 18.2 Å². The Morgan fingerprint density at radius 1 is 1.16 bits per heavy atom. The molecule has 0 radical (unpaired) electrons. The van der Waals surface area contributed by atoms with Crippen LogP contribution in [0.5, 0.6) is 0 Å². The van der Waals surface area contributed by atoms with Gasteiger partial charge in [-0.25, -0.2) is 0 Å². The van der Waals surface area contributed by atoms with E-state index in [1.165, 1.54) is 6.42 Å². The third-order valence-electron chi connectivity index (χ3n) is 4.58. The molecule has 3 nitrogen and oxygen atoms in total. The number of amides is 1. The molecule has 1 N–H and O–H groups in total. The lowest BCUT2D eigenvalue weighted by Crippen LogP contribution is -2.51. The topological polar surface area (TPSA) is 40.5 Å². The van der Waals surface area contributed by atoms with Crippen LogP contribution in [0.15, 0.2) is 30.3 Å². The van der Waals surface area contributed by atoms with Crippen molar-refractivity contribution in [2.75, 3.05) is 6.54 Å². The zero-order valence-electron chi connectivity index (χ0n) is 11.2. The van der Waals surface area contributed by atoms with Gasteiger partial charge in [0.2, 0.25) is 0 Å². The van der Waals surface area contributed by atoms with Crippen LogP contribution >= 0.6 is 0 Å². The smallest absolute Gasteiger partial charge is 0.254 e. The lowest BCUT2D eigenvalue weighted by atomic mass is 9.77. The lowest BCUT2D eigenvalue weighted by Gasteiger charge is -2.45. The molecular formula is C16H21NO2. The van der Waals surface area contributed by atoms with Gasteiger partial charge in [-0.2, -0.15) is 0 Å². The number of hydrogen-bond acceptors (Lipinski definition) is 2. The molecule has 102 valence electrons. The second-order valence-corrected chi connectivity index (χ2v) is 5.80. The summed E-state index contributed by atoms with van der Waals surface area (Å²) in [7, 11) is 0. The summed E-state index contributed by atoms with van der Waals surface area (Å²) in [4.78, 5) is 14.6. The predicted octanol–water partition coefficient (Wildman–Crippen LogP) is 2.45. The molecule has 1 aliphatic carbocycles. The number of fused-ring (bicyclic) bond motifs is 1. The molecule has 1 saturated carbocycles. The highest BCUT2D eigenvalue weighted by molar-refractivity contribution is 5.94. The first-order valence-electron chi connectivity index (χ1n) is 7.30. The largest absolute Gasteiger partial charge is 0.393 e. The number of likely N-dealkylation sites (tertiary alicyclic amines) is 1. The van der Waals surface area contributed by atoms with Gasteiger partial charge < -0.3 is 10.0 Å². The highest BCUT2D eigenvalue weighted by Gasteiger charge is 2.38. The number of rotatable bonds is 1. The summed E-state index contributed by atoms with van der Waals surface area (Å²) in [6, 6.07) is 9.75. The Balaban J connectivity index is 1.80. The van der Waals surface area contributed by atoms with Crippen molar-refractivity contribution in [3.63, 3.8) is 0 Å². The van der Waals surface area contributed by atoms with Crippen molar-refractivity contribution in [2.24, 2.45) is 5.92 Å². The summed E-state index contributed by atoms with van der Waals surface area (Å²) in [5, 5.41) is 9.88. The molecule has 1 aliphatic heterocycles. The molecule has 3 atom stereocenters. The van der Waals surface area contributed by atoms with E-state index in [0.717, 1.165) is 37.8 Å². The van der Waals surface area contributed by atoms with E-state index in [1.54, 1.807) is 0 Å². The molecule has 1 heterocycles. The second kappa shape index (κ2) is 5.33. The molecular weight excluding hydrogens is 238 g/mol. The van der Waals surface area contributed by atoms with Crippen molar-refractivity contribution in [2.45, 2.75) is 44.2 Å². The highest BCUT2D eigenvalue weighted by Crippen LogP contribution is 2.36. The summed E-state index contributed by atoms with van der Waals surface area (Å²) in [5.41, 5.74) is 0.767. The Morgan fingerprint density at radius 3 is 2.74 bits per heavy atom. The molecule has 1 aromatic carbocycles. The molecule has 0 aromatic heterocycles. The fourth-order valence-electron chi connectivity index (χ4n) is 3.59. The maximum atomic E-state index is 12.6. The van der Waals surface area contributed by atoms with Crippen LogP contribution in [0.3, 0.4) is 0 Å².